The van der Waals surface area contributed by atoms with Crippen LogP contribution in [0.5, 0.6) is 23.0 Å². The van der Waals surface area contributed by atoms with Crippen molar-refractivity contribution in [2.75, 3.05) is 20.2 Å². The van der Waals surface area contributed by atoms with Crippen molar-refractivity contribution in [2.45, 2.75) is 4.90 Å². The van der Waals surface area contributed by atoms with Crippen LogP contribution in [0.25, 0.3) is 16.6 Å². The Hall–Kier alpha value is -3.43. The Labute approximate surface area is 173 Å². The molecule has 2 aromatic carbocycles. The van der Waals surface area contributed by atoms with Gasteiger partial charge in [0, 0.05) is 15.8 Å². The standard InChI is InChI=1S/C21H20N2O6S/c1-28-17-6-4-13(8-18(17)29-2)30(11-24)9-16(22-10-30)12-3-5-15-14(7-12)19(25)20(26)21(27)23-15/h3-10,24,26H,11H2,1-2H3,(H2,23,25,27). The molecule has 1 aliphatic heterocycles. The molecule has 4 N–H and O–H groups in total. The highest BCUT2D eigenvalue weighted by molar-refractivity contribution is 8.46. The fourth-order valence-electron chi connectivity index (χ4n) is 3.31. The van der Waals surface area contributed by atoms with Gasteiger partial charge in [0.25, 0.3) is 5.56 Å². The molecule has 1 aromatic heterocycles. The molecule has 0 amide bonds. The maximum atomic E-state index is 11.6. The van der Waals surface area contributed by atoms with E-state index in [9.17, 15) is 20.1 Å². The number of ether oxygens (including phenoxy) is 2. The number of aromatic hydroxyl groups is 2. The van der Waals surface area contributed by atoms with Gasteiger partial charge in [-0.25, -0.2) is 4.99 Å². The zero-order valence-corrected chi connectivity index (χ0v) is 17.1. The van der Waals surface area contributed by atoms with Gasteiger partial charge in [-0.2, -0.15) is 0 Å². The largest absolute Gasteiger partial charge is 0.504 e. The second kappa shape index (κ2) is 7.43. The number of aromatic amines is 1. The van der Waals surface area contributed by atoms with Crippen molar-refractivity contribution in [3.63, 3.8) is 0 Å². The van der Waals surface area contributed by atoms with Crippen molar-refractivity contribution in [2.24, 2.45) is 4.99 Å². The van der Waals surface area contributed by atoms with E-state index in [1.54, 1.807) is 44.0 Å². The van der Waals surface area contributed by atoms with Crippen LogP contribution in [-0.4, -0.2) is 46.0 Å². The fourth-order valence-corrected chi connectivity index (χ4v) is 5.46. The van der Waals surface area contributed by atoms with E-state index < -0.39 is 27.1 Å². The zero-order valence-electron chi connectivity index (χ0n) is 16.2. The Kier molecular flexibility index (Phi) is 4.92. The van der Waals surface area contributed by atoms with Crippen LogP contribution in [0.3, 0.4) is 0 Å². The van der Waals surface area contributed by atoms with Crippen LogP contribution in [-0.2, 0) is 0 Å². The maximum Gasteiger partial charge on any atom is 0.294 e. The van der Waals surface area contributed by atoms with Crippen molar-refractivity contribution < 1.29 is 24.8 Å². The number of hydrogen-bond donors (Lipinski definition) is 4. The first kappa shape index (κ1) is 19.9. The number of methoxy groups -OCH3 is 2. The van der Waals surface area contributed by atoms with Gasteiger partial charge < -0.3 is 29.8 Å². The number of benzene rings is 2. The monoisotopic (exact) mass is 428 g/mol. The van der Waals surface area contributed by atoms with Gasteiger partial charge in [0.1, 0.15) is 0 Å². The van der Waals surface area contributed by atoms with Gasteiger partial charge >= 0.3 is 0 Å². The highest BCUT2D eigenvalue weighted by Crippen LogP contribution is 2.60. The minimum Gasteiger partial charge on any atom is -0.504 e. The van der Waals surface area contributed by atoms with Crippen LogP contribution in [0.1, 0.15) is 5.56 Å². The maximum absolute atomic E-state index is 11.6. The van der Waals surface area contributed by atoms with E-state index in [1.807, 2.05) is 17.5 Å². The number of aliphatic hydroxyl groups is 1. The van der Waals surface area contributed by atoms with Gasteiger partial charge in [-0.05, 0) is 35.7 Å². The predicted molar refractivity (Wildman–Crippen MR) is 117 cm³/mol. The molecule has 0 aliphatic carbocycles. The number of H-pyrrole nitrogens is 1. The molecule has 0 radical (unpaired) electrons. The van der Waals surface area contributed by atoms with E-state index in [0.717, 1.165) is 4.90 Å². The first-order valence-electron chi connectivity index (χ1n) is 8.90. The van der Waals surface area contributed by atoms with Crippen molar-refractivity contribution >= 4 is 32.2 Å². The van der Waals surface area contributed by atoms with E-state index in [1.165, 1.54) is 0 Å². The SMILES string of the molecule is COc1ccc(S2(CO)C=NC(c3ccc4[nH]c(=O)c(O)c(O)c4c3)=C2)cc1OC. The Morgan fingerprint density at radius 2 is 1.80 bits per heavy atom. The molecule has 30 heavy (non-hydrogen) atoms. The van der Waals surface area contributed by atoms with Crippen molar-refractivity contribution in [1.29, 1.82) is 0 Å². The molecule has 1 atom stereocenters. The summed E-state index contributed by atoms with van der Waals surface area (Å²) in [5.74, 6) is -0.210. The molecule has 9 heteroatoms. The summed E-state index contributed by atoms with van der Waals surface area (Å²) in [5.41, 5.74) is 2.65. The highest BCUT2D eigenvalue weighted by atomic mass is 32.3. The minimum absolute atomic E-state index is 0.136. The molecular weight excluding hydrogens is 408 g/mol. The number of fused-ring (bicyclic) bond motifs is 1. The summed E-state index contributed by atoms with van der Waals surface area (Å²) < 4.78 is 10.7. The van der Waals surface area contributed by atoms with Crippen LogP contribution in [0.2, 0.25) is 0 Å². The van der Waals surface area contributed by atoms with E-state index in [0.29, 0.717) is 33.7 Å². The summed E-state index contributed by atoms with van der Waals surface area (Å²) >= 11 is 0. The summed E-state index contributed by atoms with van der Waals surface area (Å²) in [6, 6.07) is 10.5. The summed E-state index contributed by atoms with van der Waals surface area (Å²) in [7, 11) is 1.19. The number of nitrogens with one attached hydrogen (secondary N) is 1. The smallest absolute Gasteiger partial charge is 0.294 e. The van der Waals surface area contributed by atoms with Gasteiger partial charge in [0.2, 0.25) is 5.75 Å². The van der Waals surface area contributed by atoms with Crippen molar-refractivity contribution in [3.05, 3.63) is 57.7 Å². The van der Waals surface area contributed by atoms with E-state index >= 15 is 0 Å². The number of aliphatic hydroxyl groups excluding tert-OH is 1. The molecule has 1 aliphatic rings. The lowest BCUT2D eigenvalue weighted by Crippen LogP contribution is -2.05. The molecule has 8 nitrogen and oxygen atoms in total. The third kappa shape index (κ3) is 3.08. The number of aliphatic imine (C=N–C) groups is 1. The summed E-state index contributed by atoms with van der Waals surface area (Å²) in [6.07, 6.45) is 0. The van der Waals surface area contributed by atoms with Gasteiger partial charge in [0.05, 0.1) is 36.9 Å². The van der Waals surface area contributed by atoms with Crippen molar-refractivity contribution in [3.8, 4) is 23.0 Å². The van der Waals surface area contributed by atoms with Crippen LogP contribution in [0.15, 0.2) is 56.5 Å². The lowest BCUT2D eigenvalue weighted by molar-refractivity contribution is 0.353. The number of hydrogen-bond acceptors (Lipinski definition) is 7. The van der Waals surface area contributed by atoms with E-state index in [2.05, 4.69) is 9.98 Å². The molecular formula is C21H20N2O6S. The highest BCUT2D eigenvalue weighted by Gasteiger charge is 2.28. The molecule has 2 heterocycles. The number of pyridine rings is 1. The van der Waals surface area contributed by atoms with Gasteiger partial charge in [0.15, 0.2) is 17.2 Å². The molecule has 156 valence electrons. The summed E-state index contributed by atoms with van der Waals surface area (Å²) in [5, 5.41) is 32.3. The summed E-state index contributed by atoms with van der Waals surface area (Å²) in [4.78, 5) is 19.5. The normalized spacial score (nSPS) is 20.0. The molecule has 0 saturated heterocycles. The Morgan fingerprint density at radius 1 is 1.03 bits per heavy atom. The molecule has 3 aromatic rings. The molecule has 0 fully saturated rings. The summed E-state index contributed by atoms with van der Waals surface area (Å²) in [6.45, 7) is 0. The van der Waals surface area contributed by atoms with Crippen LogP contribution >= 0.6 is 10.0 Å². The number of rotatable bonds is 5. The topological polar surface area (TPSA) is 124 Å². The second-order valence-corrected chi connectivity index (χ2v) is 9.52. The molecule has 0 saturated carbocycles. The first-order chi connectivity index (χ1) is 14.4. The third-order valence-corrected chi connectivity index (χ3v) is 7.65. The molecule has 0 spiro atoms. The third-order valence-electron chi connectivity index (χ3n) is 4.97. The first-order valence-corrected chi connectivity index (χ1v) is 10.8. The van der Waals surface area contributed by atoms with Crippen LogP contribution in [0, 0.1) is 0 Å². The van der Waals surface area contributed by atoms with E-state index in [-0.39, 0.29) is 5.94 Å². The van der Waals surface area contributed by atoms with Gasteiger partial charge in [-0.15, -0.1) is 10.0 Å². The zero-order chi connectivity index (χ0) is 21.5. The van der Waals surface area contributed by atoms with Crippen LogP contribution < -0.4 is 15.0 Å². The van der Waals surface area contributed by atoms with E-state index in [4.69, 9.17) is 9.47 Å². The quantitative estimate of drug-likeness (QED) is 0.495. The average molecular weight is 428 g/mol. The lowest BCUT2D eigenvalue weighted by atomic mass is 10.1. The van der Waals surface area contributed by atoms with Crippen LogP contribution in [0.4, 0.5) is 0 Å². The van der Waals surface area contributed by atoms with Crippen molar-refractivity contribution in [1.82, 2.24) is 4.98 Å². The number of nitrogens with zero attached hydrogens (tertiary/aromatic N) is 1. The predicted octanol–water partition coefficient (Wildman–Crippen LogP) is 3.11. The Bertz CT molecular complexity index is 1270. The molecule has 1 unspecified atom stereocenters. The molecule has 0 bridgehead atoms. The van der Waals surface area contributed by atoms with Gasteiger partial charge in [-0.1, -0.05) is 6.07 Å². The molecule has 4 rings (SSSR count). The van der Waals surface area contributed by atoms with Gasteiger partial charge in [-0.3, -0.25) is 4.79 Å². The Balaban J connectivity index is 1.80. The Morgan fingerprint density at radius 3 is 2.50 bits per heavy atom. The number of aromatic nitrogens is 1. The second-order valence-electron chi connectivity index (χ2n) is 6.64. The fraction of sp³-hybridized carbons (Fsp3) is 0.143. The average Bonchev–Trinajstić information content (AvgIpc) is 3.23. The lowest BCUT2D eigenvalue weighted by Gasteiger charge is -2.28. The minimum atomic E-state index is -1.91.